The van der Waals surface area contributed by atoms with Crippen molar-refractivity contribution in [3.05, 3.63) is 16.7 Å². The molecule has 9 heteroatoms. The number of anilines is 1. The molecular formula is C12H16FN5O3. The Bertz CT molecular complexity index is 723. The monoisotopic (exact) mass is 297 g/mol. The van der Waals surface area contributed by atoms with Crippen LogP contribution >= 0.6 is 0 Å². The van der Waals surface area contributed by atoms with Crippen LogP contribution in [0.25, 0.3) is 11.2 Å². The molecule has 2 aromatic rings. The minimum absolute atomic E-state index is 0.0676. The Balaban J connectivity index is 2.07. The van der Waals surface area contributed by atoms with Gasteiger partial charge in [-0.25, -0.2) is 9.37 Å². The van der Waals surface area contributed by atoms with Gasteiger partial charge in [0.15, 0.2) is 17.4 Å². The molecule has 1 aliphatic rings. The summed E-state index contributed by atoms with van der Waals surface area (Å²) in [5.41, 5.74) is 4.32. The van der Waals surface area contributed by atoms with Crippen LogP contribution in [-0.4, -0.2) is 43.0 Å². The van der Waals surface area contributed by atoms with Gasteiger partial charge in [-0.2, -0.15) is 4.98 Å². The number of halogens is 1. The van der Waals surface area contributed by atoms with Crippen LogP contribution in [0.1, 0.15) is 26.0 Å². The number of fused-ring (bicyclic) bond motifs is 1. The van der Waals surface area contributed by atoms with Gasteiger partial charge in [0.25, 0.3) is 5.56 Å². The van der Waals surface area contributed by atoms with E-state index in [0.717, 1.165) is 0 Å². The van der Waals surface area contributed by atoms with Crippen molar-refractivity contribution in [1.82, 2.24) is 19.5 Å². The first-order valence-corrected chi connectivity index (χ1v) is 6.65. The molecule has 1 saturated heterocycles. The van der Waals surface area contributed by atoms with Crippen LogP contribution in [0.2, 0.25) is 0 Å². The third-order valence-electron chi connectivity index (χ3n) is 3.90. The quantitative estimate of drug-likeness (QED) is 0.739. The van der Waals surface area contributed by atoms with Gasteiger partial charge in [0.2, 0.25) is 5.95 Å². The standard InChI is InChI=1S/C12H16FN5O3/c1-2-12(4-19)3-6(13)10(21-12)18-5-15-7-8(18)16-11(14)17-9(7)20/h5-6,10,19H,2-4H2,1H3,(H3,14,16,17,20)/t6-,10-,12+/m1/s1. The minimum Gasteiger partial charge on any atom is -0.393 e. The number of aromatic nitrogens is 4. The van der Waals surface area contributed by atoms with E-state index in [0.29, 0.717) is 6.42 Å². The molecule has 3 atom stereocenters. The molecule has 3 heterocycles. The number of nitrogens with two attached hydrogens (primary N) is 1. The van der Waals surface area contributed by atoms with Gasteiger partial charge >= 0.3 is 0 Å². The number of nitrogens with one attached hydrogen (secondary N) is 1. The molecule has 0 aromatic carbocycles. The van der Waals surface area contributed by atoms with E-state index in [4.69, 9.17) is 10.5 Å². The van der Waals surface area contributed by atoms with Crippen LogP contribution in [0, 0.1) is 0 Å². The Kier molecular flexibility index (Phi) is 3.18. The molecule has 0 unspecified atom stereocenters. The van der Waals surface area contributed by atoms with E-state index < -0.39 is 23.6 Å². The number of nitrogens with zero attached hydrogens (tertiary/aromatic N) is 3. The van der Waals surface area contributed by atoms with Gasteiger partial charge in [0.05, 0.1) is 18.5 Å². The van der Waals surface area contributed by atoms with Crippen LogP contribution in [0.3, 0.4) is 0 Å². The predicted molar refractivity (Wildman–Crippen MR) is 72.3 cm³/mol. The van der Waals surface area contributed by atoms with Gasteiger partial charge in [-0.15, -0.1) is 0 Å². The Morgan fingerprint density at radius 3 is 3.10 bits per heavy atom. The fraction of sp³-hybridized carbons (Fsp3) is 0.583. The Morgan fingerprint density at radius 1 is 1.71 bits per heavy atom. The van der Waals surface area contributed by atoms with Gasteiger partial charge in [0, 0.05) is 6.42 Å². The fourth-order valence-electron chi connectivity index (χ4n) is 2.64. The number of aliphatic hydroxyl groups is 1. The predicted octanol–water partition coefficient (Wildman–Crippen LogP) is 0.0999. The number of rotatable bonds is 3. The molecule has 0 saturated carbocycles. The topological polar surface area (TPSA) is 119 Å². The first kappa shape index (κ1) is 14.0. The zero-order valence-corrected chi connectivity index (χ0v) is 11.4. The average Bonchev–Trinajstić information content (AvgIpc) is 3.00. The molecule has 2 aromatic heterocycles. The maximum absolute atomic E-state index is 14.3. The van der Waals surface area contributed by atoms with E-state index in [1.807, 2.05) is 6.92 Å². The van der Waals surface area contributed by atoms with Gasteiger partial charge in [-0.3, -0.25) is 14.3 Å². The number of imidazole rings is 1. The van der Waals surface area contributed by atoms with Crippen molar-refractivity contribution in [1.29, 1.82) is 0 Å². The second-order valence-corrected chi connectivity index (χ2v) is 5.20. The average molecular weight is 297 g/mol. The van der Waals surface area contributed by atoms with Crippen molar-refractivity contribution in [2.45, 2.75) is 37.8 Å². The second-order valence-electron chi connectivity index (χ2n) is 5.20. The van der Waals surface area contributed by atoms with E-state index in [2.05, 4.69) is 15.0 Å². The lowest BCUT2D eigenvalue weighted by molar-refractivity contribution is -0.104. The van der Waals surface area contributed by atoms with Crippen LogP contribution in [0.5, 0.6) is 0 Å². The summed E-state index contributed by atoms with van der Waals surface area (Å²) in [4.78, 5) is 22.0. The zero-order valence-electron chi connectivity index (χ0n) is 11.4. The molecule has 0 aliphatic carbocycles. The summed E-state index contributed by atoms with van der Waals surface area (Å²) < 4.78 is 21.4. The van der Waals surface area contributed by atoms with Crippen LogP contribution in [0.15, 0.2) is 11.1 Å². The maximum Gasteiger partial charge on any atom is 0.280 e. The summed E-state index contributed by atoms with van der Waals surface area (Å²) in [7, 11) is 0. The molecule has 8 nitrogen and oxygen atoms in total. The number of ether oxygens (including phenoxy) is 1. The third-order valence-corrected chi connectivity index (χ3v) is 3.90. The summed E-state index contributed by atoms with van der Waals surface area (Å²) in [5.74, 6) is -0.0773. The number of H-pyrrole nitrogens is 1. The number of nitrogen functional groups attached to an aromatic ring is 1. The normalized spacial score (nSPS) is 29.3. The van der Waals surface area contributed by atoms with Gasteiger partial charge in [-0.05, 0) is 6.42 Å². The minimum atomic E-state index is -1.34. The molecule has 0 bridgehead atoms. The molecule has 21 heavy (non-hydrogen) atoms. The molecule has 1 fully saturated rings. The second kappa shape index (κ2) is 4.78. The zero-order chi connectivity index (χ0) is 15.2. The van der Waals surface area contributed by atoms with Crippen molar-refractivity contribution in [2.75, 3.05) is 12.3 Å². The molecule has 114 valence electrons. The van der Waals surface area contributed by atoms with E-state index in [9.17, 15) is 14.3 Å². The first-order chi connectivity index (χ1) is 9.99. The maximum atomic E-state index is 14.3. The highest BCUT2D eigenvalue weighted by molar-refractivity contribution is 5.70. The first-order valence-electron chi connectivity index (χ1n) is 6.65. The molecule has 3 rings (SSSR count). The van der Waals surface area contributed by atoms with Crippen molar-refractivity contribution in [3.63, 3.8) is 0 Å². The Morgan fingerprint density at radius 2 is 2.48 bits per heavy atom. The summed E-state index contributed by atoms with van der Waals surface area (Å²) in [6, 6.07) is 0. The smallest absolute Gasteiger partial charge is 0.280 e. The third kappa shape index (κ3) is 2.09. The number of hydrogen-bond acceptors (Lipinski definition) is 6. The summed E-state index contributed by atoms with van der Waals surface area (Å²) in [6.07, 6.45) is -0.480. The fourth-order valence-corrected chi connectivity index (χ4v) is 2.64. The van der Waals surface area contributed by atoms with E-state index in [1.54, 1.807) is 0 Å². The number of hydrogen-bond donors (Lipinski definition) is 3. The van der Waals surface area contributed by atoms with Crippen LogP contribution in [-0.2, 0) is 4.74 Å². The number of alkyl halides is 1. The summed E-state index contributed by atoms with van der Waals surface area (Å²) >= 11 is 0. The lowest BCUT2D eigenvalue weighted by atomic mass is 9.97. The van der Waals surface area contributed by atoms with Gasteiger partial charge in [-0.1, -0.05) is 6.92 Å². The molecule has 4 N–H and O–H groups in total. The number of aromatic amines is 1. The highest BCUT2D eigenvalue weighted by atomic mass is 19.1. The lowest BCUT2D eigenvalue weighted by Crippen LogP contribution is -2.32. The Labute approximate surface area is 118 Å². The molecule has 0 radical (unpaired) electrons. The van der Waals surface area contributed by atoms with Crippen molar-refractivity contribution in [2.24, 2.45) is 0 Å². The van der Waals surface area contributed by atoms with Crippen molar-refractivity contribution < 1.29 is 14.2 Å². The summed E-state index contributed by atoms with van der Waals surface area (Å²) in [6.45, 7) is 1.54. The largest absolute Gasteiger partial charge is 0.393 e. The van der Waals surface area contributed by atoms with Crippen LogP contribution in [0.4, 0.5) is 10.3 Å². The van der Waals surface area contributed by atoms with Crippen molar-refractivity contribution in [3.8, 4) is 0 Å². The van der Waals surface area contributed by atoms with Gasteiger partial charge < -0.3 is 15.6 Å². The van der Waals surface area contributed by atoms with E-state index in [-0.39, 0.29) is 30.1 Å². The highest BCUT2D eigenvalue weighted by Gasteiger charge is 2.47. The number of aliphatic hydroxyl groups excluding tert-OH is 1. The van der Waals surface area contributed by atoms with Crippen molar-refractivity contribution >= 4 is 17.1 Å². The lowest BCUT2D eigenvalue weighted by Gasteiger charge is -2.25. The van der Waals surface area contributed by atoms with E-state index >= 15 is 0 Å². The van der Waals surface area contributed by atoms with E-state index in [1.165, 1.54) is 10.9 Å². The summed E-state index contributed by atoms with van der Waals surface area (Å²) in [5, 5.41) is 9.44. The Hall–Kier alpha value is -2.00. The molecular weight excluding hydrogens is 281 g/mol. The SMILES string of the molecule is CC[C@@]1(CO)C[C@@H](F)[C@H](n2cnc3c(=O)[nH]c(N)nc32)O1. The van der Waals surface area contributed by atoms with Gasteiger partial charge in [0.1, 0.15) is 6.17 Å². The van der Waals surface area contributed by atoms with Crippen LogP contribution < -0.4 is 11.3 Å². The molecule has 1 aliphatic heterocycles. The molecule has 0 amide bonds. The highest BCUT2D eigenvalue weighted by Crippen LogP contribution is 2.41. The molecule has 0 spiro atoms.